The quantitative estimate of drug-likeness (QED) is 0.739. The van der Waals surface area contributed by atoms with E-state index in [2.05, 4.69) is 4.98 Å². The molecule has 0 radical (unpaired) electrons. The van der Waals surface area contributed by atoms with Gasteiger partial charge in [0.2, 0.25) is 5.88 Å². The Bertz CT molecular complexity index is 535. The van der Waals surface area contributed by atoms with E-state index in [4.69, 9.17) is 4.74 Å². The van der Waals surface area contributed by atoms with Crippen LogP contribution < -0.4 is 4.74 Å². The zero-order valence-electron chi connectivity index (χ0n) is 9.36. The van der Waals surface area contributed by atoms with Crippen LogP contribution in [0.1, 0.15) is 23.0 Å². The number of benzene rings is 1. The molecular formula is C13H13NO2. The van der Waals surface area contributed by atoms with Gasteiger partial charge in [0.1, 0.15) is 0 Å². The second-order valence-electron chi connectivity index (χ2n) is 3.56. The second-order valence-corrected chi connectivity index (χ2v) is 3.56. The van der Waals surface area contributed by atoms with E-state index in [0.29, 0.717) is 18.1 Å². The van der Waals surface area contributed by atoms with E-state index in [1.165, 1.54) is 0 Å². The largest absolute Gasteiger partial charge is 0.478 e. The standard InChI is InChI=1S/C13H13NO2/c1-3-16-13-11-6-4-5-10(8-15)12(11)7-9(2)14-13/h4-8H,3H2,1-2H3. The van der Waals surface area contributed by atoms with E-state index in [0.717, 1.165) is 22.8 Å². The van der Waals surface area contributed by atoms with Crippen molar-refractivity contribution in [3.05, 3.63) is 35.5 Å². The molecule has 0 aliphatic heterocycles. The molecule has 0 N–H and O–H groups in total. The summed E-state index contributed by atoms with van der Waals surface area (Å²) in [5.74, 6) is 0.598. The summed E-state index contributed by atoms with van der Waals surface area (Å²) in [4.78, 5) is 15.3. The topological polar surface area (TPSA) is 39.2 Å². The molecule has 1 aromatic heterocycles. The van der Waals surface area contributed by atoms with Crippen molar-refractivity contribution in [1.82, 2.24) is 4.98 Å². The summed E-state index contributed by atoms with van der Waals surface area (Å²) in [6, 6.07) is 7.46. The summed E-state index contributed by atoms with van der Waals surface area (Å²) in [6.45, 7) is 4.37. The summed E-state index contributed by atoms with van der Waals surface area (Å²) in [5.41, 5.74) is 1.52. The van der Waals surface area contributed by atoms with Gasteiger partial charge in [-0.05, 0) is 31.4 Å². The minimum Gasteiger partial charge on any atom is -0.478 e. The first-order chi connectivity index (χ1) is 7.76. The number of hydrogen-bond acceptors (Lipinski definition) is 3. The van der Waals surface area contributed by atoms with Crippen LogP contribution in [-0.2, 0) is 0 Å². The Morgan fingerprint density at radius 1 is 1.38 bits per heavy atom. The van der Waals surface area contributed by atoms with Crippen molar-refractivity contribution in [2.24, 2.45) is 0 Å². The number of carbonyl (C=O) groups is 1. The molecule has 0 saturated heterocycles. The molecule has 0 aliphatic rings. The van der Waals surface area contributed by atoms with Gasteiger partial charge >= 0.3 is 0 Å². The molecule has 0 unspecified atom stereocenters. The number of aldehydes is 1. The molecule has 82 valence electrons. The van der Waals surface area contributed by atoms with Crippen LogP contribution in [0.15, 0.2) is 24.3 Å². The smallest absolute Gasteiger partial charge is 0.221 e. The number of aromatic nitrogens is 1. The van der Waals surface area contributed by atoms with Crippen molar-refractivity contribution in [1.29, 1.82) is 0 Å². The number of hydrogen-bond donors (Lipinski definition) is 0. The first-order valence-electron chi connectivity index (χ1n) is 5.24. The van der Waals surface area contributed by atoms with E-state index < -0.39 is 0 Å². The van der Waals surface area contributed by atoms with Crippen LogP contribution in [-0.4, -0.2) is 17.9 Å². The zero-order chi connectivity index (χ0) is 11.5. The predicted octanol–water partition coefficient (Wildman–Crippen LogP) is 2.75. The molecule has 0 fully saturated rings. The minimum atomic E-state index is 0.566. The fourth-order valence-electron chi connectivity index (χ4n) is 1.74. The molecule has 1 heterocycles. The Balaban J connectivity index is 2.77. The van der Waals surface area contributed by atoms with Gasteiger partial charge in [0.15, 0.2) is 6.29 Å². The number of ether oxygens (including phenoxy) is 1. The van der Waals surface area contributed by atoms with Crippen LogP contribution in [0.2, 0.25) is 0 Å². The van der Waals surface area contributed by atoms with Gasteiger partial charge in [-0.15, -0.1) is 0 Å². The van der Waals surface area contributed by atoms with Crippen molar-refractivity contribution >= 4 is 17.1 Å². The van der Waals surface area contributed by atoms with E-state index in [1.807, 2.05) is 32.0 Å². The van der Waals surface area contributed by atoms with Crippen molar-refractivity contribution in [2.75, 3.05) is 6.61 Å². The van der Waals surface area contributed by atoms with Gasteiger partial charge in [-0.3, -0.25) is 4.79 Å². The van der Waals surface area contributed by atoms with Crippen molar-refractivity contribution < 1.29 is 9.53 Å². The van der Waals surface area contributed by atoms with Gasteiger partial charge in [0.05, 0.1) is 6.61 Å². The van der Waals surface area contributed by atoms with E-state index >= 15 is 0 Å². The molecule has 3 nitrogen and oxygen atoms in total. The molecule has 0 saturated carbocycles. The lowest BCUT2D eigenvalue weighted by atomic mass is 10.1. The predicted molar refractivity (Wildman–Crippen MR) is 63.0 cm³/mol. The first-order valence-corrected chi connectivity index (χ1v) is 5.24. The summed E-state index contributed by atoms with van der Waals surface area (Å²) in [5, 5.41) is 1.78. The third-order valence-corrected chi connectivity index (χ3v) is 2.41. The third-order valence-electron chi connectivity index (χ3n) is 2.41. The van der Waals surface area contributed by atoms with Crippen LogP contribution in [0.4, 0.5) is 0 Å². The van der Waals surface area contributed by atoms with Crippen LogP contribution >= 0.6 is 0 Å². The molecule has 0 amide bonds. The average Bonchev–Trinajstić information content (AvgIpc) is 2.28. The van der Waals surface area contributed by atoms with Crippen molar-refractivity contribution in [3.8, 4) is 5.88 Å². The fraction of sp³-hybridized carbons (Fsp3) is 0.231. The van der Waals surface area contributed by atoms with Crippen LogP contribution in [0.25, 0.3) is 10.8 Å². The van der Waals surface area contributed by atoms with Gasteiger partial charge in [0, 0.05) is 16.6 Å². The highest BCUT2D eigenvalue weighted by Crippen LogP contribution is 2.26. The Labute approximate surface area is 94.1 Å². The average molecular weight is 215 g/mol. The maximum absolute atomic E-state index is 10.9. The molecule has 0 spiro atoms. The molecule has 0 bridgehead atoms. The maximum Gasteiger partial charge on any atom is 0.221 e. The Kier molecular flexibility index (Phi) is 2.86. The fourth-order valence-corrected chi connectivity index (χ4v) is 1.74. The molecule has 2 aromatic rings. The summed E-state index contributed by atoms with van der Waals surface area (Å²) in [7, 11) is 0. The molecule has 3 heteroatoms. The molecule has 1 aromatic carbocycles. The normalized spacial score (nSPS) is 10.4. The van der Waals surface area contributed by atoms with E-state index in [9.17, 15) is 4.79 Å². The maximum atomic E-state index is 10.9. The van der Waals surface area contributed by atoms with Gasteiger partial charge in [-0.2, -0.15) is 0 Å². The van der Waals surface area contributed by atoms with Gasteiger partial charge < -0.3 is 4.74 Å². The van der Waals surface area contributed by atoms with Crippen LogP contribution in [0, 0.1) is 6.92 Å². The van der Waals surface area contributed by atoms with Gasteiger partial charge in [-0.25, -0.2) is 4.98 Å². The first kappa shape index (κ1) is 10.6. The summed E-state index contributed by atoms with van der Waals surface area (Å²) in [6.07, 6.45) is 0.859. The van der Waals surface area contributed by atoms with Crippen LogP contribution in [0.3, 0.4) is 0 Å². The molecule has 2 rings (SSSR count). The minimum absolute atomic E-state index is 0.566. The number of carbonyl (C=O) groups excluding carboxylic acids is 1. The van der Waals surface area contributed by atoms with Crippen molar-refractivity contribution in [2.45, 2.75) is 13.8 Å². The second kappa shape index (κ2) is 4.31. The SMILES string of the molecule is CCOc1nc(C)cc2c(C=O)cccc12. The molecule has 0 atom stereocenters. The highest BCUT2D eigenvalue weighted by atomic mass is 16.5. The number of fused-ring (bicyclic) bond motifs is 1. The lowest BCUT2D eigenvalue weighted by Crippen LogP contribution is -1.98. The van der Waals surface area contributed by atoms with Gasteiger partial charge in [-0.1, -0.05) is 12.1 Å². The number of aryl methyl sites for hydroxylation is 1. The summed E-state index contributed by atoms with van der Waals surface area (Å²) < 4.78 is 5.47. The number of nitrogens with zero attached hydrogens (tertiary/aromatic N) is 1. The van der Waals surface area contributed by atoms with E-state index in [1.54, 1.807) is 6.07 Å². The van der Waals surface area contributed by atoms with Crippen molar-refractivity contribution in [3.63, 3.8) is 0 Å². The lowest BCUT2D eigenvalue weighted by molar-refractivity contribution is 0.112. The third kappa shape index (κ3) is 1.76. The monoisotopic (exact) mass is 215 g/mol. The number of rotatable bonds is 3. The van der Waals surface area contributed by atoms with Crippen LogP contribution in [0.5, 0.6) is 5.88 Å². The molecular weight excluding hydrogens is 202 g/mol. The Morgan fingerprint density at radius 3 is 2.88 bits per heavy atom. The Morgan fingerprint density at radius 2 is 2.19 bits per heavy atom. The molecule has 16 heavy (non-hydrogen) atoms. The zero-order valence-corrected chi connectivity index (χ0v) is 9.36. The highest BCUT2D eigenvalue weighted by Gasteiger charge is 2.07. The summed E-state index contributed by atoms with van der Waals surface area (Å²) >= 11 is 0. The van der Waals surface area contributed by atoms with Gasteiger partial charge in [0.25, 0.3) is 0 Å². The highest BCUT2D eigenvalue weighted by molar-refractivity contribution is 6.00. The number of pyridine rings is 1. The lowest BCUT2D eigenvalue weighted by Gasteiger charge is -2.08. The molecule has 0 aliphatic carbocycles. The van der Waals surface area contributed by atoms with E-state index in [-0.39, 0.29) is 0 Å². The Hall–Kier alpha value is -1.90.